The van der Waals surface area contributed by atoms with E-state index in [1.165, 1.54) is 0 Å². The lowest BCUT2D eigenvalue weighted by Gasteiger charge is -2.39. The Kier molecular flexibility index (Phi) is 3.63. The van der Waals surface area contributed by atoms with E-state index in [-0.39, 0.29) is 5.60 Å². The van der Waals surface area contributed by atoms with Crippen molar-refractivity contribution in [2.24, 2.45) is 0 Å². The van der Waals surface area contributed by atoms with Crippen LogP contribution in [0.5, 0.6) is 0 Å². The minimum atomic E-state index is 0.0585. The van der Waals surface area contributed by atoms with Gasteiger partial charge in [0.2, 0.25) is 0 Å². The van der Waals surface area contributed by atoms with E-state index in [1.54, 1.807) is 0 Å². The summed E-state index contributed by atoms with van der Waals surface area (Å²) in [5.41, 5.74) is 0.0585. The maximum atomic E-state index is 5.75. The molecule has 0 atom stereocenters. The van der Waals surface area contributed by atoms with E-state index < -0.39 is 0 Å². The quantitative estimate of drug-likeness (QED) is 0.709. The van der Waals surface area contributed by atoms with Crippen molar-refractivity contribution in [2.45, 2.75) is 26.0 Å². The van der Waals surface area contributed by atoms with Gasteiger partial charge in [0.25, 0.3) is 0 Å². The van der Waals surface area contributed by atoms with Crippen LogP contribution in [0.15, 0.2) is 16.5 Å². The summed E-state index contributed by atoms with van der Waals surface area (Å²) in [6.45, 7) is 8.39. The van der Waals surface area contributed by atoms with Crippen molar-refractivity contribution in [3.05, 3.63) is 23.7 Å². The van der Waals surface area contributed by atoms with Crippen LogP contribution in [0, 0.1) is 6.92 Å². The van der Waals surface area contributed by atoms with E-state index in [4.69, 9.17) is 9.15 Å². The molecule has 4 nitrogen and oxygen atoms in total. The molecule has 0 radical (unpaired) electrons. The van der Waals surface area contributed by atoms with Crippen LogP contribution in [0.25, 0.3) is 0 Å². The molecule has 4 heteroatoms. The molecule has 0 aliphatic carbocycles. The molecule has 1 aromatic rings. The second-order valence-corrected chi connectivity index (χ2v) is 4.59. The molecule has 1 aliphatic rings. The lowest BCUT2D eigenvalue weighted by molar-refractivity contribution is -0.0649. The summed E-state index contributed by atoms with van der Waals surface area (Å²) in [5.74, 6) is 1.94. The Balaban J connectivity index is 1.55. The highest BCUT2D eigenvalue weighted by molar-refractivity contribution is 5.05. The summed E-state index contributed by atoms with van der Waals surface area (Å²) in [7, 11) is 0. The fraction of sp³-hybridized carbons (Fsp3) is 0.667. The monoisotopic (exact) mass is 224 g/mol. The van der Waals surface area contributed by atoms with E-state index in [0.29, 0.717) is 0 Å². The zero-order chi connectivity index (χ0) is 11.4. The zero-order valence-corrected chi connectivity index (χ0v) is 10.0. The standard InChI is InChI=1S/C12H20N2O2/c1-10-3-4-11(16-10)7-13-5-6-15-12(2)8-14-9-12/h3-4,13-14H,5-9H2,1-2H3. The van der Waals surface area contributed by atoms with E-state index >= 15 is 0 Å². The van der Waals surface area contributed by atoms with Crippen molar-refractivity contribution in [2.75, 3.05) is 26.2 Å². The van der Waals surface area contributed by atoms with Crippen LogP contribution in [0.3, 0.4) is 0 Å². The Bertz CT molecular complexity index is 332. The van der Waals surface area contributed by atoms with Crippen molar-refractivity contribution < 1.29 is 9.15 Å². The number of nitrogens with one attached hydrogen (secondary N) is 2. The van der Waals surface area contributed by atoms with E-state index in [1.807, 2.05) is 19.1 Å². The van der Waals surface area contributed by atoms with Crippen molar-refractivity contribution >= 4 is 0 Å². The highest BCUT2D eigenvalue weighted by Crippen LogP contribution is 2.14. The molecule has 1 aromatic heterocycles. The fourth-order valence-corrected chi connectivity index (χ4v) is 1.74. The Morgan fingerprint density at radius 3 is 2.88 bits per heavy atom. The van der Waals surface area contributed by atoms with Crippen molar-refractivity contribution in [1.29, 1.82) is 0 Å². The molecule has 0 unspecified atom stereocenters. The number of aryl methyl sites for hydroxylation is 1. The van der Waals surface area contributed by atoms with Crippen molar-refractivity contribution in [3.63, 3.8) is 0 Å². The fourth-order valence-electron chi connectivity index (χ4n) is 1.74. The molecule has 16 heavy (non-hydrogen) atoms. The van der Waals surface area contributed by atoms with Crippen LogP contribution in [-0.4, -0.2) is 31.8 Å². The Hall–Kier alpha value is -0.840. The smallest absolute Gasteiger partial charge is 0.117 e. The first-order valence-corrected chi connectivity index (χ1v) is 5.79. The number of rotatable bonds is 6. The molecular formula is C12H20N2O2. The molecule has 0 spiro atoms. The topological polar surface area (TPSA) is 46.4 Å². The first-order valence-electron chi connectivity index (χ1n) is 5.79. The summed E-state index contributed by atoms with van der Waals surface area (Å²) >= 11 is 0. The molecule has 2 heterocycles. The SMILES string of the molecule is Cc1ccc(CNCCOC2(C)CNC2)o1. The number of hydrogen-bond donors (Lipinski definition) is 2. The molecule has 0 aromatic carbocycles. The molecule has 1 fully saturated rings. The van der Waals surface area contributed by atoms with Gasteiger partial charge in [-0.1, -0.05) is 0 Å². The summed E-state index contributed by atoms with van der Waals surface area (Å²) in [6, 6.07) is 3.98. The van der Waals surface area contributed by atoms with Gasteiger partial charge in [0.1, 0.15) is 11.5 Å². The summed E-state index contributed by atoms with van der Waals surface area (Å²) in [4.78, 5) is 0. The van der Waals surface area contributed by atoms with Crippen LogP contribution < -0.4 is 10.6 Å². The second kappa shape index (κ2) is 4.99. The van der Waals surface area contributed by atoms with Crippen LogP contribution >= 0.6 is 0 Å². The second-order valence-electron chi connectivity index (χ2n) is 4.59. The van der Waals surface area contributed by atoms with Gasteiger partial charge >= 0.3 is 0 Å². The molecular weight excluding hydrogens is 204 g/mol. The molecule has 0 bridgehead atoms. The predicted octanol–water partition coefficient (Wildman–Crippen LogP) is 1.06. The van der Waals surface area contributed by atoms with Crippen molar-refractivity contribution in [3.8, 4) is 0 Å². The average molecular weight is 224 g/mol. The first-order chi connectivity index (χ1) is 7.68. The van der Waals surface area contributed by atoms with E-state index in [0.717, 1.165) is 44.3 Å². The number of hydrogen-bond acceptors (Lipinski definition) is 4. The Labute approximate surface area is 96.4 Å². The molecule has 0 amide bonds. The van der Waals surface area contributed by atoms with Gasteiger partial charge in [-0.25, -0.2) is 0 Å². The van der Waals surface area contributed by atoms with Crippen LogP contribution in [0.4, 0.5) is 0 Å². The normalized spacial score (nSPS) is 18.4. The lowest BCUT2D eigenvalue weighted by Crippen LogP contribution is -2.59. The van der Waals surface area contributed by atoms with Gasteiger partial charge < -0.3 is 19.8 Å². The Morgan fingerprint density at radius 1 is 1.50 bits per heavy atom. The maximum absolute atomic E-state index is 5.75. The molecule has 90 valence electrons. The summed E-state index contributed by atoms with van der Waals surface area (Å²) in [5, 5.41) is 6.51. The van der Waals surface area contributed by atoms with Gasteiger partial charge in [-0.3, -0.25) is 0 Å². The van der Waals surface area contributed by atoms with Gasteiger partial charge in [0.05, 0.1) is 18.8 Å². The lowest BCUT2D eigenvalue weighted by atomic mass is 10.0. The number of furan rings is 1. The summed E-state index contributed by atoms with van der Waals surface area (Å²) in [6.07, 6.45) is 0. The van der Waals surface area contributed by atoms with Crippen LogP contribution in [0.1, 0.15) is 18.4 Å². The van der Waals surface area contributed by atoms with Crippen molar-refractivity contribution in [1.82, 2.24) is 10.6 Å². The van der Waals surface area contributed by atoms with E-state index in [9.17, 15) is 0 Å². The molecule has 1 aliphatic heterocycles. The van der Waals surface area contributed by atoms with E-state index in [2.05, 4.69) is 17.6 Å². The predicted molar refractivity (Wildman–Crippen MR) is 62.4 cm³/mol. The van der Waals surface area contributed by atoms with Gasteiger partial charge in [0, 0.05) is 19.6 Å². The summed E-state index contributed by atoms with van der Waals surface area (Å²) < 4.78 is 11.2. The molecule has 2 N–H and O–H groups in total. The van der Waals surface area contributed by atoms with Gasteiger partial charge in [-0.05, 0) is 26.0 Å². The average Bonchev–Trinajstić information content (AvgIpc) is 2.61. The zero-order valence-electron chi connectivity index (χ0n) is 10.0. The largest absolute Gasteiger partial charge is 0.465 e. The molecule has 1 saturated heterocycles. The molecule has 2 rings (SSSR count). The van der Waals surface area contributed by atoms with Gasteiger partial charge in [-0.2, -0.15) is 0 Å². The van der Waals surface area contributed by atoms with Crippen LogP contribution in [0.2, 0.25) is 0 Å². The van der Waals surface area contributed by atoms with Gasteiger partial charge in [0.15, 0.2) is 0 Å². The third-order valence-corrected chi connectivity index (χ3v) is 2.82. The van der Waals surface area contributed by atoms with Crippen LogP contribution in [-0.2, 0) is 11.3 Å². The molecule has 0 saturated carbocycles. The first kappa shape index (κ1) is 11.6. The minimum absolute atomic E-state index is 0.0585. The third kappa shape index (κ3) is 3.07. The third-order valence-electron chi connectivity index (χ3n) is 2.82. The highest BCUT2D eigenvalue weighted by Gasteiger charge is 2.31. The number of ether oxygens (including phenoxy) is 1. The van der Waals surface area contributed by atoms with Gasteiger partial charge in [-0.15, -0.1) is 0 Å². The highest BCUT2D eigenvalue weighted by atomic mass is 16.5. The maximum Gasteiger partial charge on any atom is 0.117 e. The minimum Gasteiger partial charge on any atom is -0.465 e. The Morgan fingerprint density at radius 2 is 2.31 bits per heavy atom.